The summed E-state index contributed by atoms with van der Waals surface area (Å²) in [4.78, 5) is 0. The van der Waals surface area contributed by atoms with Crippen LogP contribution >= 0.6 is 0 Å². The van der Waals surface area contributed by atoms with Crippen molar-refractivity contribution in [2.75, 3.05) is 6.61 Å². The molecule has 2 aromatic carbocycles. The lowest BCUT2D eigenvalue weighted by Gasteiger charge is -2.26. The minimum absolute atomic E-state index is 0.131. The molecular weight excluding hydrogens is 475 g/mol. The van der Waals surface area contributed by atoms with E-state index in [1.54, 1.807) is 31.2 Å². The minimum atomic E-state index is -4.79. The molecule has 1 fully saturated rings. The Morgan fingerprint density at radius 3 is 2.50 bits per heavy atom. The van der Waals surface area contributed by atoms with Gasteiger partial charge in [0.1, 0.15) is 11.4 Å². The summed E-state index contributed by atoms with van der Waals surface area (Å²) in [5.74, 6) is -0.339. The SMILES string of the molecule is C[C@]12CC[C@](CCOc3cccc(C#N)c3)(O1)c1c2c(O)n(-c2ccc(C#N)c(C(F)(F)F)c2)c1O. The molecule has 2 bridgehead atoms. The van der Waals surface area contributed by atoms with Gasteiger partial charge in [0.15, 0.2) is 0 Å². The fourth-order valence-corrected chi connectivity index (χ4v) is 5.34. The number of ether oxygens (including phenoxy) is 2. The summed E-state index contributed by atoms with van der Waals surface area (Å²) in [7, 11) is 0. The van der Waals surface area contributed by atoms with Gasteiger partial charge in [0.05, 0.1) is 57.9 Å². The third-order valence-corrected chi connectivity index (χ3v) is 6.96. The highest BCUT2D eigenvalue weighted by Gasteiger charge is 2.61. The summed E-state index contributed by atoms with van der Waals surface area (Å²) >= 11 is 0. The first-order valence-corrected chi connectivity index (χ1v) is 11.2. The number of benzene rings is 2. The number of aromatic nitrogens is 1. The van der Waals surface area contributed by atoms with E-state index in [-0.39, 0.29) is 12.3 Å². The van der Waals surface area contributed by atoms with Crippen LogP contribution in [0.2, 0.25) is 0 Å². The average Bonchev–Trinajstić information content (AvgIpc) is 3.42. The van der Waals surface area contributed by atoms with E-state index in [1.165, 1.54) is 12.1 Å². The summed E-state index contributed by atoms with van der Waals surface area (Å²) in [5, 5.41) is 40.4. The van der Waals surface area contributed by atoms with Crippen molar-refractivity contribution >= 4 is 0 Å². The summed E-state index contributed by atoms with van der Waals surface area (Å²) in [6.07, 6.45) is -3.46. The van der Waals surface area contributed by atoms with Crippen LogP contribution in [0.4, 0.5) is 13.2 Å². The second-order valence-corrected chi connectivity index (χ2v) is 9.14. The van der Waals surface area contributed by atoms with Crippen LogP contribution in [-0.4, -0.2) is 21.4 Å². The predicted molar refractivity (Wildman–Crippen MR) is 119 cm³/mol. The van der Waals surface area contributed by atoms with Gasteiger partial charge in [0.25, 0.3) is 0 Å². The van der Waals surface area contributed by atoms with Gasteiger partial charge in [-0.05, 0) is 56.2 Å². The summed E-state index contributed by atoms with van der Waals surface area (Å²) in [6, 6.07) is 13.2. The molecule has 3 heterocycles. The zero-order valence-electron chi connectivity index (χ0n) is 19.1. The maximum atomic E-state index is 13.5. The Morgan fingerprint density at radius 2 is 1.81 bits per heavy atom. The fraction of sp³-hybridized carbons (Fsp3) is 0.308. The fourth-order valence-electron chi connectivity index (χ4n) is 5.34. The van der Waals surface area contributed by atoms with E-state index in [1.807, 2.05) is 6.07 Å². The number of alkyl halides is 3. The van der Waals surface area contributed by atoms with Crippen LogP contribution in [-0.2, 0) is 22.1 Å². The topological polar surface area (TPSA) is 111 Å². The van der Waals surface area contributed by atoms with Crippen LogP contribution in [0.1, 0.15) is 54.0 Å². The van der Waals surface area contributed by atoms with Crippen molar-refractivity contribution in [1.29, 1.82) is 10.5 Å². The van der Waals surface area contributed by atoms with E-state index in [2.05, 4.69) is 0 Å². The van der Waals surface area contributed by atoms with Gasteiger partial charge in [-0.1, -0.05) is 6.07 Å². The third kappa shape index (κ3) is 3.45. The Hall–Kier alpha value is -4.15. The maximum absolute atomic E-state index is 13.5. The molecule has 0 aliphatic carbocycles. The zero-order chi connectivity index (χ0) is 25.9. The number of nitriles is 2. The molecule has 0 spiro atoms. The molecule has 7 nitrogen and oxygen atoms in total. The third-order valence-electron chi connectivity index (χ3n) is 6.96. The highest BCUT2D eigenvalue weighted by molar-refractivity contribution is 5.62. The van der Waals surface area contributed by atoms with Crippen LogP contribution in [0.15, 0.2) is 42.5 Å². The van der Waals surface area contributed by atoms with Gasteiger partial charge in [-0.3, -0.25) is 4.57 Å². The van der Waals surface area contributed by atoms with Gasteiger partial charge < -0.3 is 19.7 Å². The molecule has 5 rings (SSSR count). The van der Waals surface area contributed by atoms with Gasteiger partial charge in [0, 0.05) is 6.42 Å². The molecule has 0 unspecified atom stereocenters. The van der Waals surface area contributed by atoms with Gasteiger partial charge >= 0.3 is 6.18 Å². The Morgan fingerprint density at radius 1 is 1.06 bits per heavy atom. The van der Waals surface area contributed by atoms with E-state index in [0.29, 0.717) is 41.7 Å². The Balaban J connectivity index is 1.53. The largest absolute Gasteiger partial charge is 0.494 e. The standard InChI is InChI=1S/C26H20F3N3O4/c1-24-7-8-25(36-24,9-10-35-18-4-2-3-15(11-18)13-30)21-20(24)22(33)32(23(21)34)17-6-5-16(14-31)19(12-17)26(27,28)29/h2-6,11-12,33-34H,7-10H2,1H3/t24-,25-/m1/s1. The highest BCUT2D eigenvalue weighted by atomic mass is 19.4. The molecule has 1 saturated heterocycles. The Bertz CT molecular complexity index is 1470. The average molecular weight is 495 g/mol. The molecule has 2 N–H and O–H groups in total. The van der Waals surface area contributed by atoms with Crippen LogP contribution in [0.3, 0.4) is 0 Å². The predicted octanol–water partition coefficient (Wildman–Crippen LogP) is 5.35. The van der Waals surface area contributed by atoms with E-state index >= 15 is 0 Å². The van der Waals surface area contributed by atoms with Gasteiger partial charge in [-0.25, -0.2) is 0 Å². The molecule has 2 atom stereocenters. The van der Waals surface area contributed by atoms with Crippen LogP contribution in [0, 0.1) is 22.7 Å². The summed E-state index contributed by atoms with van der Waals surface area (Å²) in [5.41, 5.74) is -2.72. The molecule has 36 heavy (non-hydrogen) atoms. The number of nitrogens with zero attached hydrogens (tertiary/aromatic N) is 3. The quantitative estimate of drug-likeness (QED) is 0.493. The lowest BCUT2D eigenvalue weighted by molar-refractivity contribution is -0.137. The van der Waals surface area contributed by atoms with Crippen LogP contribution in [0.5, 0.6) is 17.5 Å². The normalized spacial score (nSPS) is 22.2. The molecule has 0 saturated carbocycles. The van der Waals surface area contributed by atoms with E-state index in [0.717, 1.165) is 16.7 Å². The van der Waals surface area contributed by atoms with Gasteiger partial charge in [-0.2, -0.15) is 23.7 Å². The summed E-state index contributed by atoms with van der Waals surface area (Å²) < 4.78 is 53.7. The van der Waals surface area contributed by atoms with Crippen molar-refractivity contribution < 1.29 is 32.9 Å². The Labute approximate surface area is 204 Å². The molecule has 2 aliphatic rings. The maximum Gasteiger partial charge on any atom is 0.417 e. The first kappa shape index (κ1) is 23.6. The monoisotopic (exact) mass is 495 g/mol. The second kappa shape index (κ2) is 7.94. The first-order chi connectivity index (χ1) is 17.0. The van der Waals surface area contributed by atoms with Crippen molar-refractivity contribution in [3.8, 4) is 35.3 Å². The van der Waals surface area contributed by atoms with E-state index in [4.69, 9.17) is 20.0 Å². The lowest BCUT2D eigenvalue weighted by Crippen LogP contribution is -2.25. The highest BCUT2D eigenvalue weighted by Crippen LogP contribution is 2.65. The van der Waals surface area contributed by atoms with Gasteiger partial charge in [-0.15, -0.1) is 0 Å². The number of aromatic hydroxyl groups is 2. The molecule has 3 aromatic rings. The number of hydrogen-bond acceptors (Lipinski definition) is 6. The van der Waals surface area contributed by atoms with Crippen molar-refractivity contribution in [3.05, 3.63) is 70.3 Å². The van der Waals surface area contributed by atoms with Crippen molar-refractivity contribution in [1.82, 2.24) is 4.57 Å². The first-order valence-electron chi connectivity index (χ1n) is 11.2. The number of hydrogen-bond donors (Lipinski definition) is 2. The molecular formula is C26H20F3N3O4. The molecule has 0 radical (unpaired) electrons. The van der Waals surface area contributed by atoms with Crippen molar-refractivity contribution in [2.24, 2.45) is 0 Å². The van der Waals surface area contributed by atoms with Crippen LogP contribution < -0.4 is 4.74 Å². The number of fused-ring (bicyclic) bond motifs is 5. The zero-order valence-corrected chi connectivity index (χ0v) is 19.1. The molecule has 184 valence electrons. The van der Waals surface area contributed by atoms with Gasteiger partial charge in [0.2, 0.25) is 11.8 Å². The van der Waals surface area contributed by atoms with Crippen molar-refractivity contribution in [2.45, 2.75) is 43.6 Å². The summed E-state index contributed by atoms with van der Waals surface area (Å²) in [6.45, 7) is 1.94. The molecule has 0 amide bonds. The Kier molecular flexibility index (Phi) is 5.20. The molecule has 2 aliphatic heterocycles. The second-order valence-electron chi connectivity index (χ2n) is 9.14. The smallest absolute Gasteiger partial charge is 0.417 e. The number of halogens is 3. The minimum Gasteiger partial charge on any atom is -0.494 e. The van der Waals surface area contributed by atoms with Crippen LogP contribution in [0.25, 0.3) is 5.69 Å². The lowest BCUT2D eigenvalue weighted by atomic mass is 9.78. The molecule has 1 aromatic heterocycles. The van der Waals surface area contributed by atoms with E-state index in [9.17, 15) is 23.4 Å². The van der Waals surface area contributed by atoms with Crippen molar-refractivity contribution in [3.63, 3.8) is 0 Å². The number of rotatable bonds is 5. The van der Waals surface area contributed by atoms with E-state index < -0.39 is 40.3 Å². The molecule has 10 heteroatoms.